The number of nitrogens with two attached hydrogens (primary N) is 2. The molecule has 12 heteroatoms. The third-order valence-corrected chi connectivity index (χ3v) is 8.40. The monoisotopic (exact) mass is 672 g/mol. The number of phenolic OH excluding ortho intramolecular Hbond substituents is 2. The number of phenols is 2. The number of ketones is 4. The number of anilines is 2. The van der Waals surface area contributed by atoms with Crippen molar-refractivity contribution in [1.29, 1.82) is 0 Å². The van der Waals surface area contributed by atoms with Crippen molar-refractivity contribution in [1.82, 2.24) is 0 Å². The van der Waals surface area contributed by atoms with Crippen molar-refractivity contribution in [2.75, 3.05) is 37.9 Å². The van der Waals surface area contributed by atoms with E-state index >= 15 is 0 Å². The topological polar surface area (TPSA) is 198 Å². The number of aromatic hydroxyl groups is 2. The van der Waals surface area contributed by atoms with Crippen LogP contribution in [0.15, 0.2) is 84.9 Å². The number of benzene rings is 5. The molecule has 250 valence electrons. The van der Waals surface area contributed by atoms with Gasteiger partial charge in [-0.05, 0) is 24.3 Å². The molecule has 0 atom stereocenters. The Morgan fingerprint density at radius 2 is 0.740 bits per heavy atom. The molecule has 0 saturated carbocycles. The van der Waals surface area contributed by atoms with Crippen LogP contribution in [0.3, 0.4) is 0 Å². The van der Waals surface area contributed by atoms with Gasteiger partial charge in [0.2, 0.25) is 0 Å². The van der Waals surface area contributed by atoms with Gasteiger partial charge in [0.1, 0.15) is 60.9 Å². The Morgan fingerprint density at radius 1 is 0.440 bits per heavy atom. The van der Waals surface area contributed by atoms with Gasteiger partial charge >= 0.3 is 0 Å². The molecule has 0 unspecified atom stereocenters. The summed E-state index contributed by atoms with van der Waals surface area (Å²) >= 11 is 0. The van der Waals surface area contributed by atoms with Crippen LogP contribution in [0.4, 0.5) is 11.4 Å². The fourth-order valence-electron chi connectivity index (χ4n) is 6.04. The van der Waals surface area contributed by atoms with Crippen LogP contribution in [0.2, 0.25) is 0 Å². The van der Waals surface area contributed by atoms with Gasteiger partial charge in [-0.25, -0.2) is 0 Å². The molecule has 0 spiro atoms. The number of ether oxygens (including phenoxy) is 4. The molecule has 7 rings (SSSR count). The first-order valence-corrected chi connectivity index (χ1v) is 15.4. The van der Waals surface area contributed by atoms with Gasteiger partial charge in [-0.3, -0.25) is 19.2 Å². The molecule has 0 radical (unpaired) electrons. The highest BCUT2D eigenvalue weighted by molar-refractivity contribution is 6.32. The van der Waals surface area contributed by atoms with E-state index in [1.54, 1.807) is 48.5 Å². The van der Waals surface area contributed by atoms with Crippen molar-refractivity contribution in [3.8, 4) is 34.5 Å². The molecule has 0 heterocycles. The van der Waals surface area contributed by atoms with Gasteiger partial charge in [0.15, 0.2) is 23.1 Å². The predicted octanol–water partition coefficient (Wildman–Crippen LogP) is 4.73. The number of nitrogen functional groups attached to an aromatic ring is 2. The smallest absolute Gasteiger partial charge is 0.198 e. The van der Waals surface area contributed by atoms with Gasteiger partial charge in [-0.1, -0.05) is 48.5 Å². The predicted molar refractivity (Wildman–Crippen MR) is 180 cm³/mol. The van der Waals surface area contributed by atoms with E-state index in [0.29, 0.717) is 11.5 Å². The Bertz CT molecular complexity index is 2090. The Labute approximate surface area is 284 Å². The molecule has 50 heavy (non-hydrogen) atoms. The zero-order valence-corrected chi connectivity index (χ0v) is 26.2. The summed E-state index contributed by atoms with van der Waals surface area (Å²) in [5.74, 6) is -1.61. The average molecular weight is 673 g/mol. The first-order chi connectivity index (χ1) is 24.2. The van der Waals surface area contributed by atoms with Gasteiger partial charge < -0.3 is 40.6 Å². The molecule has 0 bridgehead atoms. The fraction of sp³-hybridized carbons (Fsp3) is 0.105. The maximum atomic E-state index is 13.1. The van der Waals surface area contributed by atoms with E-state index in [0.717, 1.165) is 0 Å². The van der Waals surface area contributed by atoms with Crippen LogP contribution in [0, 0.1) is 0 Å². The summed E-state index contributed by atoms with van der Waals surface area (Å²) < 4.78 is 22.9. The van der Waals surface area contributed by atoms with Crippen molar-refractivity contribution in [2.24, 2.45) is 0 Å². The van der Waals surface area contributed by atoms with Crippen LogP contribution >= 0.6 is 0 Å². The first-order valence-electron chi connectivity index (χ1n) is 15.4. The second kappa shape index (κ2) is 12.7. The lowest BCUT2D eigenvalue weighted by Gasteiger charge is -2.21. The van der Waals surface area contributed by atoms with E-state index in [1.807, 2.05) is 0 Å². The van der Waals surface area contributed by atoms with Gasteiger partial charge in [0.05, 0.1) is 33.6 Å². The van der Waals surface area contributed by atoms with Crippen molar-refractivity contribution in [3.63, 3.8) is 0 Å². The maximum Gasteiger partial charge on any atom is 0.198 e. The molecule has 0 fully saturated rings. The highest BCUT2D eigenvalue weighted by Gasteiger charge is 2.36. The van der Waals surface area contributed by atoms with Crippen molar-refractivity contribution in [2.45, 2.75) is 0 Å². The largest absolute Gasteiger partial charge is 0.507 e. The van der Waals surface area contributed by atoms with Gasteiger partial charge in [-0.15, -0.1) is 0 Å². The Kier molecular flexibility index (Phi) is 8.04. The molecular formula is C38H28N2O10. The van der Waals surface area contributed by atoms with Crippen LogP contribution in [0.25, 0.3) is 0 Å². The fourth-order valence-corrected chi connectivity index (χ4v) is 6.04. The van der Waals surface area contributed by atoms with E-state index in [2.05, 4.69) is 0 Å². The highest BCUT2D eigenvalue weighted by Crippen LogP contribution is 2.42. The molecule has 2 aliphatic rings. The quantitative estimate of drug-likeness (QED) is 0.0887. The summed E-state index contributed by atoms with van der Waals surface area (Å²) in [4.78, 5) is 52.1. The van der Waals surface area contributed by atoms with E-state index in [9.17, 15) is 29.4 Å². The van der Waals surface area contributed by atoms with Crippen LogP contribution in [0.1, 0.15) is 63.7 Å². The van der Waals surface area contributed by atoms with Gasteiger partial charge in [0, 0.05) is 34.4 Å². The minimum Gasteiger partial charge on any atom is -0.507 e. The Hall–Kier alpha value is -6.82. The van der Waals surface area contributed by atoms with Crippen LogP contribution < -0.4 is 30.4 Å². The highest BCUT2D eigenvalue weighted by atomic mass is 16.5. The molecule has 0 amide bonds. The number of carbonyl (C=O) groups is 4. The number of hydrogen-bond acceptors (Lipinski definition) is 12. The van der Waals surface area contributed by atoms with Gasteiger partial charge in [0.25, 0.3) is 0 Å². The molecule has 0 aliphatic heterocycles. The summed E-state index contributed by atoms with van der Waals surface area (Å²) in [5, 5.41) is 21.2. The molecule has 2 aliphatic carbocycles. The zero-order chi connectivity index (χ0) is 35.1. The standard InChI is InChI=1S/C38H28N2O10/c39-33-27(17-25(41)29-31(33)37(45)23-7-3-1-5-21(23)35(29)43)49-15-13-47-19-9-11-20(12-10-19)48-14-16-50-28-18-26(42)30-32(34(28)40)38(46)24-8-4-2-6-22(24)36(30)44/h1-12,17-18,41-42H,13-16,39-40H2. The van der Waals surface area contributed by atoms with Crippen molar-refractivity contribution in [3.05, 3.63) is 129 Å². The lowest BCUT2D eigenvalue weighted by atomic mass is 9.82. The summed E-state index contributed by atoms with van der Waals surface area (Å²) in [7, 11) is 0. The summed E-state index contributed by atoms with van der Waals surface area (Å²) in [6.07, 6.45) is 0. The summed E-state index contributed by atoms with van der Waals surface area (Å²) in [5.41, 5.74) is 12.7. The van der Waals surface area contributed by atoms with E-state index < -0.39 is 34.6 Å². The third kappa shape index (κ3) is 5.38. The lowest BCUT2D eigenvalue weighted by Crippen LogP contribution is -2.23. The summed E-state index contributed by atoms with van der Waals surface area (Å²) in [6, 6.07) is 21.8. The van der Waals surface area contributed by atoms with Crippen LogP contribution in [-0.2, 0) is 0 Å². The first kappa shape index (κ1) is 31.8. The maximum absolute atomic E-state index is 13.1. The zero-order valence-electron chi connectivity index (χ0n) is 26.2. The van der Waals surface area contributed by atoms with Gasteiger partial charge in [-0.2, -0.15) is 0 Å². The van der Waals surface area contributed by atoms with Crippen LogP contribution in [0.5, 0.6) is 34.5 Å². The number of carbonyl (C=O) groups excluding carboxylic acids is 4. The van der Waals surface area contributed by atoms with E-state index in [-0.39, 0.29) is 93.8 Å². The normalized spacial score (nSPS) is 12.8. The molecule has 12 nitrogen and oxygen atoms in total. The second-order valence-corrected chi connectivity index (χ2v) is 11.4. The minimum absolute atomic E-state index is 0.0182. The Morgan fingerprint density at radius 3 is 1.08 bits per heavy atom. The lowest BCUT2D eigenvalue weighted by molar-refractivity contribution is 0.0977. The summed E-state index contributed by atoms with van der Waals surface area (Å²) in [6.45, 7) is 0.223. The van der Waals surface area contributed by atoms with Crippen molar-refractivity contribution < 1.29 is 48.3 Å². The average Bonchev–Trinajstić information content (AvgIpc) is 3.12. The third-order valence-electron chi connectivity index (χ3n) is 8.40. The SMILES string of the molecule is Nc1c(OCCOc2ccc(OCCOc3cc(O)c4c(c3N)C(=O)c3ccccc3C4=O)cc2)cc(O)c2c1C(=O)c1ccccc1C2=O. The van der Waals surface area contributed by atoms with E-state index in [1.165, 1.54) is 36.4 Å². The number of hydrogen-bond donors (Lipinski definition) is 4. The molecular weight excluding hydrogens is 644 g/mol. The minimum atomic E-state index is -0.489. The molecule has 0 aromatic heterocycles. The molecule has 0 saturated heterocycles. The molecule has 5 aromatic carbocycles. The number of fused-ring (bicyclic) bond motifs is 4. The van der Waals surface area contributed by atoms with Crippen LogP contribution in [-0.4, -0.2) is 59.8 Å². The molecule has 6 N–H and O–H groups in total. The number of rotatable bonds is 10. The van der Waals surface area contributed by atoms with E-state index in [4.69, 9.17) is 30.4 Å². The van der Waals surface area contributed by atoms with Crippen molar-refractivity contribution >= 4 is 34.5 Å². The second-order valence-electron chi connectivity index (χ2n) is 11.4. The Balaban J connectivity index is 0.912. The molecule has 5 aromatic rings.